The summed E-state index contributed by atoms with van der Waals surface area (Å²) in [5.41, 5.74) is 6.26. The SMILES string of the molecule is CCc1cccc(CC)c1NC(=O)c1c(C)nc(-c2ccccn2)c(C)c1Cl. The molecule has 1 amide bonds. The topological polar surface area (TPSA) is 54.9 Å². The summed E-state index contributed by atoms with van der Waals surface area (Å²) in [5.74, 6) is -0.235. The number of rotatable bonds is 5. The predicted molar refractivity (Wildman–Crippen MR) is 115 cm³/mol. The number of halogens is 1. The maximum absolute atomic E-state index is 13.1. The Bertz CT molecular complexity index is 994. The summed E-state index contributed by atoms with van der Waals surface area (Å²) in [6.45, 7) is 7.83. The number of carbonyl (C=O) groups excluding carboxylic acids is 1. The minimum Gasteiger partial charge on any atom is -0.321 e. The van der Waals surface area contributed by atoms with E-state index in [1.54, 1.807) is 13.1 Å². The van der Waals surface area contributed by atoms with Crippen LogP contribution in [-0.4, -0.2) is 15.9 Å². The Labute approximate surface area is 171 Å². The van der Waals surface area contributed by atoms with E-state index in [1.165, 1.54) is 0 Å². The lowest BCUT2D eigenvalue weighted by Gasteiger charge is -2.17. The predicted octanol–water partition coefficient (Wildman–Crippen LogP) is 5.79. The first kappa shape index (κ1) is 20.0. The molecular weight excluding hydrogens is 370 g/mol. The van der Waals surface area contributed by atoms with Crippen LogP contribution >= 0.6 is 11.6 Å². The summed E-state index contributed by atoms with van der Waals surface area (Å²) in [5, 5.41) is 3.50. The molecular formula is C23H24ClN3O. The number of hydrogen-bond acceptors (Lipinski definition) is 3. The highest BCUT2D eigenvalue weighted by Crippen LogP contribution is 2.31. The molecule has 2 heterocycles. The molecule has 5 heteroatoms. The Kier molecular flexibility index (Phi) is 6.10. The van der Waals surface area contributed by atoms with Gasteiger partial charge in [0.05, 0.1) is 27.7 Å². The molecule has 0 saturated carbocycles. The number of para-hydroxylation sites is 1. The standard InChI is InChI=1S/C23H24ClN3O/c1-5-16-10-9-11-17(6-2)22(16)27-23(28)19-15(4)26-21(14(3)20(19)24)18-12-7-8-13-25-18/h7-13H,5-6H2,1-4H3,(H,27,28). The first-order valence-electron chi connectivity index (χ1n) is 9.48. The van der Waals surface area contributed by atoms with Crippen LogP contribution in [0.5, 0.6) is 0 Å². The van der Waals surface area contributed by atoms with Gasteiger partial charge in [0.15, 0.2) is 0 Å². The van der Waals surface area contributed by atoms with Crippen LogP contribution in [0.15, 0.2) is 42.6 Å². The number of hydrogen-bond donors (Lipinski definition) is 1. The third-order valence-corrected chi connectivity index (χ3v) is 5.39. The van der Waals surface area contributed by atoms with Gasteiger partial charge in [-0.25, -0.2) is 0 Å². The Morgan fingerprint density at radius 2 is 1.71 bits per heavy atom. The maximum Gasteiger partial charge on any atom is 0.259 e. The second-order valence-electron chi connectivity index (χ2n) is 6.69. The molecule has 3 rings (SSSR count). The summed E-state index contributed by atoms with van der Waals surface area (Å²) in [6.07, 6.45) is 3.40. The fourth-order valence-electron chi connectivity index (χ4n) is 3.35. The van der Waals surface area contributed by atoms with E-state index in [4.69, 9.17) is 11.6 Å². The van der Waals surface area contributed by atoms with Crippen molar-refractivity contribution in [2.45, 2.75) is 40.5 Å². The molecule has 0 saturated heterocycles. The molecule has 3 aromatic rings. The van der Waals surface area contributed by atoms with Crippen molar-refractivity contribution in [1.82, 2.24) is 9.97 Å². The van der Waals surface area contributed by atoms with Crippen molar-refractivity contribution in [3.63, 3.8) is 0 Å². The molecule has 0 bridgehead atoms. The minimum absolute atomic E-state index is 0.235. The lowest BCUT2D eigenvalue weighted by molar-refractivity contribution is 0.102. The second kappa shape index (κ2) is 8.53. The molecule has 0 radical (unpaired) electrons. The number of carbonyl (C=O) groups is 1. The molecule has 0 aliphatic carbocycles. The number of nitrogens with zero attached hydrogens (tertiary/aromatic N) is 2. The quantitative estimate of drug-likeness (QED) is 0.596. The highest BCUT2D eigenvalue weighted by molar-refractivity contribution is 6.35. The summed E-state index contributed by atoms with van der Waals surface area (Å²) in [6, 6.07) is 11.7. The molecule has 0 aliphatic heterocycles. The van der Waals surface area contributed by atoms with Gasteiger partial charge in [-0.05, 0) is 55.5 Å². The van der Waals surface area contributed by atoms with E-state index in [0.29, 0.717) is 22.0 Å². The highest BCUT2D eigenvalue weighted by Gasteiger charge is 2.22. The van der Waals surface area contributed by atoms with Crippen LogP contribution < -0.4 is 5.32 Å². The summed E-state index contributed by atoms with van der Waals surface area (Å²) < 4.78 is 0. The van der Waals surface area contributed by atoms with Gasteiger partial charge < -0.3 is 5.32 Å². The van der Waals surface area contributed by atoms with E-state index in [1.807, 2.05) is 43.3 Å². The number of amides is 1. The zero-order valence-electron chi connectivity index (χ0n) is 16.6. The molecule has 4 nitrogen and oxygen atoms in total. The Balaban J connectivity index is 2.04. The monoisotopic (exact) mass is 393 g/mol. The average Bonchev–Trinajstić information content (AvgIpc) is 2.71. The van der Waals surface area contributed by atoms with Crippen LogP contribution in [0.2, 0.25) is 5.02 Å². The molecule has 1 N–H and O–H groups in total. The largest absolute Gasteiger partial charge is 0.321 e. The highest BCUT2D eigenvalue weighted by atomic mass is 35.5. The van der Waals surface area contributed by atoms with Gasteiger partial charge in [0.1, 0.15) is 0 Å². The van der Waals surface area contributed by atoms with Gasteiger partial charge in [0.25, 0.3) is 5.91 Å². The summed E-state index contributed by atoms with van der Waals surface area (Å²) in [4.78, 5) is 22.1. The number of pyridine rings is 2. The normalized spacial score (nSPS) is 10.8. The van der Waals surface area contributed by atoms with E-state index in [2.05, 4.69) is 29.1 Å². The fraction of sp³-hybridized carbons (Fsp3) is 0.261. The smallest absolute Gasteiger partial charge is 0.259 e. The van der Waals surface area contributed by atoms with E-state index in [-0.39, 0.29) is 5.91 Å². The van der Waals surface area contributed by atoms with Gasteiger partial charge in [-0.3, -0.25) is 14.8 Å². The van der Waals surface area contributed by atoms with Crippen molar-refractivity contribution in [1.29, 1.82) is 0 Å². The molecule has 28 heavy (non-hydrogen) atoms. The molecule has 2 aromatic heterocycles. The number of anilines is 1. The third kappa shape index (κ3) is 3.78. The lowest BCUT2D eigenvalue weighted by atomic mass is 10.0. The van der Waals surface area contributed by atoms with Crippen LogP contribution in [0.25, 0.3) is 11.4 Å². The van der Waals surface area contributed by atoms with Gasteiger partial charge in [-0.2, -0.15) is 0 Å². The molecule has 0 spiro atoms. The van der Waals surface area contributed by atoms with Crippen molar-refractivity contribution in [2.75, 3.05) is 5.32 Å². The zero-order valence-corrected chi connectivity index (χ0v) is 17.4. The van der Waals surface area contributed by atoms with Crippen LogP contribution in [0.4, 0.5) is 5.69 Å². The zero-order chi connectivity index (χ0) is 20.3. The second-order valence-corrected chi connectivity index (χ2v) is 7.07. The number of aryl methyl sites for hydroxylation is 3. The number of nitrogens with one attached hydrogen (secondary N) is 1. The molecule has 144 valence electrons. The maximum atomic E-state index is 13.1. The van der Waals surface area contributed by atoms with E-state index >= 15 is 0 Å². The third-order valence-electron chi connectivity index (χ3n) is 4.92. The van der Waals surface area contributed by atoms with Gasteiger partial charge in [-0.1, -0.05) is 49.7 Å². The lowest BCUT2D eigenvalue weighted by Crippen LogP contribution is -2.18. The van der Waals surface area contributed by atoms with Gasteiger partial charge >= 0.3 is 0 Å². The first-order chi connectivity index (χ1) is 13.5. The van der Waals surface area contributed by atoms with Gasteiger partial charge in [0, 0.05) is 11.9 Å². The molecule has 0 atom stereocenters. The Hall–Kier alpha value is -2.72. The van der Waals surface area contributed by atoms with Crippen LogP contribution in [0, 0.1) is 13.8 Å². The van der Waals surface area contributed by atoms with Crippen molar-refractivity contribution >= 4 is 23.2 Å². The minimum atomic E-state index is -0.235. The average molecular weight is 394 g/mol. The first-order valence-corrected chi connectivity index (χ1v) is 9.85. The summed E-state index contributed by atoms with van der Waals surface area (Å²) >= 11 is 6.63. The van der Waals surface area contributed by atoms with E-state index in [0.717, 1.165) is 40.9 Å². The number of benzene rings is 1. The van der Waals surface area contributed by atoms with Crippen molar-refractivity contribution in [2.24, 2.45) is 0 Å². The van der Waals surface area contributed by atoms with Crippen molar-refractivity contribution in [3.8, 4) is 11.4 Å². The van der Waals surface area contributed by atoms with Crippen LogP contribution in [-0.2, 0) is 12.8 Å². The summed E-state index contributed by atoms with van der Waals surface area (Å²) in [7, 11) is 0. The Morgan fingerprint density at radius 1 is 1.04 bits per heavy atom. The number of aromatic nitrogens is 2. The molecule has 1 aromatic carbocycles. The molecule has 0 aliphatic rings. The molecule has 0 fully saturated rings. The van der Waals surface area contributed by atoms with E-state index in [9.17, 15) is 4.79 Å². The van der Waals surface area contributed by atoms with Crippen LogP contribution in [0.1, 0.15) is 46.6 Å². The van der Waals surface area contributed by atoms with Crippen LogP contribution in [0.3, 0.4) is 0 Å². The van der Waals surface area contributed by atoms with Gasteiger partial charge in [-0.15, -0.1) is 0 Å². The van der Waals surface area contributed by atoms with Crippen molar-refractivity contribution in [3.05, 3.63) is 75.6 Å². The van der Waals surface area contributed by atoms with Crippen molar-refractivity contribution < 1.29 is 4.79 Å². The molecule has 0 unspecified atom stereocenters. The van der Waals surface area contributed by atoms with Gasteiger partial charge in [0.2, 0.25) is 0 Å². The fourth-order valence-corrected chi connectivity index (χ4v) is 3.67. The Morgan fingerprint density at radius 3 is 2.29 bits per heavy atom. The van der Waals surface area contributed by atoms with E-state index < -0.39 is 0 Å².